The zero-order valence-electron chi connectivity index (χ0n) is 12.2. The average Bonchev–Trinajstić information content (AvgIpc) is 2.49. The third-order valence-corrected chi connectivity index (χ3v) is 3.60. The summed E-state index contributed by atoms with van der Waals surface area (Å²) >= 11 is 0. The maximum Gasteiger partial charge on any atom is 0.0234 e. The quantitative estimate of drug-likeness (QED) is 0.835. The second-order valence-electron chi connectivity index (χ2n) is 5.32. The zero-order valence-corrected chi connectivity index (χ0v) is 12.2. The first-order valence-corrected chi connectivity index (χ1v) is 7.31. The van der Waals surface area contributed by atoms with E-state index in [-0.39, 0.29) is 0 Å². The molecule has 0 saturated carbocycles. The Morgan fingerprint density at radius 2 is 1.55 bits per heavy atom. The van der Waals surface area contributed by atoms with Gasteiger partial charge in [0.2, 0.25) is 0 Å². The lowest BCUT2D eigenvalue weighted by Crippen LogP contribution is -2.32. The average molecular weight is 268 g/mol. The molecule has 1 atom stereocenters. The highest BCUT2D eigenvalue weighted by atomic mass is 15.1. The minimum Gasteiger partial charge on any atom is -0.329 e. The van der Waals surface area contributed by atoms with E-state index >= 15 is 0 Å². The first kappa shape index (κ1) is 14.8. The van der Waals surface area contributed by atoms with Crippen LogP contribution in [0.4, 0.5) is 0 Å². The van der Waals surface area contributed by atoms with Crippen LogP contribution in [-0.2, 0) is 6.54 Å². The Balaban J connectivity index is 1.98. The normalized spacial score (nSPS) is 12.6. The molecule has 0 aromatic heterocycles. The molecule has 20 heavy (non-hydrogen) atoms. The van der Waals surface area contributed by atoms with Crippen molar-refractivity contribution in [1.82, 2.24) is 4.90 Å². The molecule has 2 aromatic carbocycles. The van der Waals surface area contributed by atoms with E-state index in [0.29, 0.717) is 12.5 Å². The molecule has 0 saturated heterocycles. The molecule has 0 fully saturated rings. The van der Waals surface area contributed by atoms with Crippen LogP contribution >= 0.6 is 0 Å². The van der Waals surface area contributed by atoms with Crippen molar-refractivity contribution in [3.05, 3.63) is 71.8 Å². The summed E-state index contributed by atoms with van der Waals surface area (Å²) in [5.74, 6) is 0.520. The molecule has 1 unspecified atom stereocenters. The Kier molecular flexibility index (Phi) is 5.78. The maximum absolute atomic E-state index is 5.76. The highest BCUT2D eigenvalue weighted by Crippen LogP contribution is 2.17. The van der Waals surface area contributed by atoms with Crippen LogP contribution in [-0.4, -0.2) is 24.5 Å². The Labute approximate surface area is 122 Å². The van der Waals surface area contributed by atoms with Gasteiger partial charge in [-0.25, -0.2) is 0 Å². The van der Waals surface area contributed by atoms with Gasteiger partial charge in [-0.05, 0) is 17.0 Å². The van der Waals surface area contributed by atoms with Crippen LogP contribution in [0.3, 0.4) is 0 Å². The van der Waals surface area contributed by atoms with Crippen molar-refractivity contribution in [2.75, 3.05) is 19.6 Å². The summed E-state index contributed by atoms with van der Waals surface area (Å²) in [6.45, 7) is 5.93. The summed E-state index contributed by atoms with van der Waals surface area (Å²) in [7, 11) is 0. The molecule has 2 heteroatoms. The van der Waals surface area contributed by atoms with Crippen LogP contribution in [0.2, 0.25) is 0 Å². The zero-order chi connectivity index (χ0) is 14.2. The fraction of sp³-hybridized carbons (Fsp3) is 0.333. The SMILES string of the molecule is CC(CN(CCN)Cc1ccccc1)c1ccccc1. The van der Waals surface area contributed by atoms with Crippen molar-refractivity contribution in [3.63, 3.8) is 0 Å². The molecular formula is C18H24N2. The van der Waals surface area contributed by atoms with E-state index in [9.17, 15) is 0 Å². The number of benzene rings is 2. The minimum absolute atomic E-state index is 0.520. The summed E-state index contributed by atoms with van der Waals surface area (Å²) in [4.78, 5) is 2.44. The molecule has 0 aliphatic heterocycles. The Morgan fingerprint density at radius 1 is 0.950 bits per heavy atom. The van der Waals surface area contributed by atoms with Crippen LogP contribution in [0, 0.1) is 0 Å². The summed E-state index contributed by atoms with van der Waals surface area (Å²) in [6.07, 6.45) is 0. The van der Waals surface area contributed by atoms with E-state index in [0.717, 1.165) is 19.6 Å². The van der Waals surface area contributed by atoms with Crippen molar-refractivity contribution in [1.29, 1.82) is 0 Å². The fourth-order valence-corrected chi connectivity index (χ4v) is 2.53. The number of hydrogen-bond acceptors (Lipinski definition) is 2. The molecular weight excluding hydrogens is 244 g/mol. The molecule has 0 aliphatic carbocycles. The van der Waals surface area contributed by atoms with E-state index in [4.69, 9.17) is 5.73 Å². The highest BCUT2D eigenvalue weighted by molar-refractivity contribution is 5.19. The molecule has 106 valence electrons. The topological polar surface area (TPSA) is 29.3 Å². The van der Waals surface area contributed by atoms with Gasteiger partial charge < -0.3 is 5.73 Å². The van der Waals surface area contributed by atoms with E-state index < -0.39 is 0 Å². The van der Waals surface area contributed by atoms with Crippen LogP contribution < -0.4 is 5.73 Å². The largest absolute Gasteiger partial charge is 0.329 e. The van der Waals surface area contributed by atoms with Gasteiger partial charge in [0, 0.05) is 26.2 Å². The van der Waals surface area contributed by atoms with Gasteiger partial charge in [-0.2, -0.15) is 0 Å². The molecule has 0 heterocycles. The van der Waals surface area contributed by atoms with Gasteiger partial charge in [0.05, 0.1) is 0 Å². The predicted molar refractivity (Wildman–Crippen MR) is 85.6 cm³/mol. The van der Waals surface area contributed by atoms with E-state index in [1.165, 1.54) is 11.1 Å². The summed E-state index contributed by atoms with van der Waals surface area (Å²) in [6, 6.07) is 21.3. The van der Waals surface area contributed by atoms with E-state index in [1.54, 1.807) is 0 Å². The second-order valence-corrected chi connectivity index (χ2v) is 5.32. The van der Waals surface area contributed by atoms with Crippen LogP contribution in [0.5, 0.6) is 0 Å². The van der Waals surface area contributed by atoms with E-state index in [1.807, 2.05) is 0 Å². The molecule has 2 aromatic rings. The van der Waals surface area contributed by atoms with Gasteiger partial charge in [0.15, 0.2) is 0 Å². The minimum atomic E-state index is 0.520. The van der Waals surface area contributed by atoms with Gasteiger partial charge >= 0.3 is 0 Å². The molecule has 0 bridgehead atoms. The molecule has 2 N–H and O–H groups in total. The smallest absolute Gasteiger partial charge is 0.0234 e. The van der Waals surface area contributed by atoms with Gasteiger partial charge in [-0.15, -0.1) is 0 Å². The van der Waals surface area contributed by atoms with Crippen molar-refractivity contribution < 1.29 is 0 Å². The molecule has 2 nitrogen and oxygen atoms in total. The standard InChI is InChI=1S/C18H24N2/c1-16(18-10-6-3-7-11-18)14-20(13-12-19)15-17-8-4-2-5-9-17/h2-11,16H,12-15,19H2,1H3. The molecule has 0 aliphatic rings. The number of hydrogen-bond donors (Lipinski definition) is 1. The number of nitrogens with two attached hydrogens (primary N) is 1. The Hall–Kier alpha value is -1.64. The lowest BCUT2D eigenvalue weighted by molar-refractivity contribution is 0.259. The molecule has 0 spiro atoms. The van der Waals surface area contributed by atoms with Crippen molar-refractivity contribution in [2.24, 2.45) is 5.73 Å². The second kappa shape index (κ2) is 7.83. The lowest BCUT2D eigenvalue weighted by Gasteiger charge is -2.25. The third kappa shape index (κ3) is 4.48. The Bertz CT molecular complexity index is 481. The van der Waals surface area contributed by atoms with Crippen LogP contribution in [0.15, 0.2) is 60.7 Å². The van der Waals surface area contributed by atoms with Gasteiger partial charge in [0.25, 0.3) is 0 Å². The summed E-state index contributed by atoms with van der Waals surface area (Å²) in [5, 5.41) is 0. The first-order valence-electron chi connectivity index (χ1n) is 7.31. The number of rotatable bonds is 7. The Morgan fingerprint density at radius 3 is 2.15 bits per heavy atom. The van der Waals surface area contributed by atoms with E-state index in [2.05, 4.69) is 72.5 Å². The number of nitrogens with zero attached hydrogens (tertiary/aromatic N) is 1. The van der Waals surface area contributed by atoms with Crippen LogP contribution in [0.1, 0.15) is 24.0 Å². The van der Waals surface area contributed by atoms with Crippen LogP contribution in [0.25, 0.3) is 0 Å². The van der Waals surface area contributed by atoms with Gasteiger partial charge in [-0.3, -0.25) is 4.90 Å². The fourth-order valence-electron chi connectivity index (χ4n) is 2.53. The highest BCUT2D eigenvalue weighted by Gasteiger charge is 2.11. The van der Waals surface area contributed by atoms with Crippen molar-refractivity contribution >= 4 is 0 Å². The van der Waals surface area contributed by atoms with Gasteiger partial charge in [0.1, 0.15) is 0 Å². The third-order valence-electron chi connectivity index (χ3n) is 3.60. The van der Waals surface area contributed by atoms with Crippen molar-refractivity contribution in [2.45, 2.75) is 19.4 Å². The monoisotopic (exact) mass is 268 g/mol. The first-order chi connectivity index (χ1) is 9.79. The molecule has 2 rings (SSSR count). The predicted octanol–water partition coefficient (Wildman–Crippen LogP) is 3.25. The summed E-state index contributed by atoms with van der Waals surface area (Å²) < 4.78 is 0. The maximum atomic E-state index is 5.76. The molecule has 0 amide bonds. The lowest BCUT2D eigenvalue weighted by atomic mass is 10.0. The van der Waals surface area contributed by atoms with Crippen molar-refractivity contribution in [3.8, 4) is 0 Å². The molecule has 0 radical (unpaired) electrons. The summed E-state index contributed by atoms with van der Waals surface area (Å²) in [5.41, 5.74) is 8.50. The van der Waals surface area contributed by atoms with Gasteiger partial charge in [-0.1, -0.05) is 67.6 Å².